The number of hydrogen-bond acceptors (Lipinski definition) is 6. The van der Waals surface area contributed by atoms with Crippen LogP contribution in [0.15, 0.2) is 41.4 Å². The topological polar surface area (TPSA) is 94.6 Å². The minimum absolute atomic E-state index is 0.0397. The fourth-order valence-corrected chi connectivity index (χ4v) is 5.25. The third kappa shape index (κ3) is 5.65. The fraction of sp³-hybridized carbons (Fsp3) is 0.478. The van der Waals surface area contributed by atoms with Gasteiger partial charge in [-0.05, 0) is 68.1 Å². The summed E-state index contributed by atoms with van der Waals surface area (Å²) >= 11 is 0. The van der Waals surface area contributed by atoms with Crippen molar-refractivity contribution in [1.82, 2.24) is 14.6 Å². The van der Waals surface area contributed by atoms with Crippen LogP contribution in [0.25, 0.3) is 0 Å². The molecule has 1 saturated heterocycles. The van der Waals surface area contributed by atoms with Crippen LogP contribution in [-0.2, 0) is 27.7 Å². The van der Waals surface area contributed by atoms with Gasteiger partial charge in [0.2, 0.25) is 15.9 Å². The minimum atomic E-state index is -3.64. The molecule has 1 fully saturated rings. The molecule has 4 rings (SSSR count). The van der Waals surface area contributed by atoms with E-state index in [2.05, 4.69) is 31.9 Å². The number of carbonyl (C=O) groups is 1. The van der Waals surface area contributed by atoms with Gasteiger partial charge >= 0.3 is 0 Å². The molecule has 0 saturated carbocycles. The summed E-state index contributed by atoms with van der Waals surface area (Å²) in [6.45, 7) is 3.90. The number of benzene rings is 1. The number of pyridine rings is 1. The van der Waals surface area contributed by atoms with Gasteiger partial charge in [-0.3, -0.25) is 4.79 Å². The van der Waals surface area contributed by atoms with Crippen LogP contribution in [0.2, 0.25) is 0 Å². The number of nitrogens with one attached hydrogen (secondary N) is 2. The Kier molecular flexibility index (Phi) is 7.07. The minimum Gasteiger partial charge on any atom is -0.354 e. The quantitative estimate of drug-likeness (QED) is 0.661. The van der Waals surface area contributed by atoms with Crippen molar-refractivity contribution in [3.8, 4) is 0 Å². The van der Waals surface area contributed by atoms with E-state index < -0.39 is 10.0 Å². The van der Waals surface area contributed by atoms with Gasteiger partial charge in [0.1, 0.15) is 5.82 Å². The van der Waals surface area contributed by atoms with E-state index in [0.717, 1.165) is 63.2 Å². The van der Waals surface area contributed by atoms with Crippen LogP contribution in [0.5, 0.6) is 0 Å². The summed E-state index contributed by atoms with van der Waals surface area (Å²) in [5, 5.41) is 2.78. The fourth-order valence-electron chi connectivity index (χ4n) is 4.17. The summed E-state index contributed by atoms with van der Waals surface area (Å²) in [6.07, 6.45) is 5.86. The normalized spacial score (nSPS) is 17.1. The van der Waals surface area contributed by atoms with Gasteiger partial charge in [0.15, 0.2) is 0 Å². The molecule has 172 valence electrons. The van der Waals surface area contributed by atoms with Crippen molar-refractivity contribution in [2.75, 3.05) is 50.0 Å². The molecule has 1 aliphatic heterocycles. The molecule has 8 nitrogen and oxygen atoms in total. The number of aromatic nitrogens is 1. The number of sulfonamides is 1. The Balaban J connectivity index is 1.26. The van der Waals surface area contributed by atoms with Gasteiger partial charge < -0.3 is 15.1 Å². The van der Waals surface area contributed by atoms with Crippen LogP contribution >= 0.6 is 0 Å². The molecule has 9 heteroatoms. The molecule has 2 N–H and O–H groups in total. The van der Waals surface area contributed by atoms with Crippen LogP contribution in [0.4, 0.5) is 11.5 Å². The van der Waals surface area contributed by atoms with E-state index in [9.17, 15) is 13.2 Å². The number of piperazine rings is 1. The van der Waals surface area contributed by atoms with E-state index in [1.807, 2.05) is 18.2 Å². The van der Waals surface area contributed by atoms with E-state index >= 15 is 0 Å². The highest BCUT2D eigenvalue weighted by molar-refractivity contribution is 7.89. The van der Waals surface area contributed by atoms with Crippen LogP contribution in [0, 0.1) is 0 Å². The highest BCUT2D eigenvalue weighted by Gasteiger charge is 2.18. The Labute approximate surface area is 190 Å². The average molecular weight is 458 g/mol. The zero-order chi connectivity index (χ0) is 22.6. The van der Waals surface area contributed by atoms with Crippen molar-refractivity contribution in [2.45, 2.75) is 37.0 Å². The number of anilines is 2. The molecule has 0 unspecified atom stereocenters. The van der Waals surface area contributed by atoms with E-state index in [1.54, 1.807) is 18.3 Å². The molecular formula is C23H31N5O3S. The van der Waals surface area contributed by atoms with Crippen LogP contribution in [0.3, 0.4) is 0 Å². The Morgan fingerprint density at radius 1 is 1.03 bits per heavy atom. The first-order valence-corrected chi connectivity index (χ1v) is 12.7. The van der Waals surface area contributed by atoms with Gasteiger partial charge in [-0.25, -0.2) is 18.1 Å². The van der Waals surface area contributed by atoms with Gasteiger partial charge in [-0.2, -0.15) is 0 Å². The molecule has 2 aliphatic rings. The molecule has 0 bridgehead atoms. The lowest BCUT2D eigenvalue weighted by Crippen LogP contribution is -2.44. The second-order valence-electron chi connectivity index (χ2n) is 8.53. The van der Waals surface area contributed by atoms with Crippen molar-refractivity contribution in [3.63, 3.8) is 0 Å². The van der Waals surface area contributed by atoms with Gasteiger partial charge in [-0.15, -0.1) is 0 Å². The number of likely N-dealkylation sites (N-methyl/N-ethyl adjacent to an activating group) is 1. The molecule has 1 aromatic heterocycles. The summed E-state index contributed by atoms with van der Waals surface area (Å²) in [5.41, 5.74) is 2.96. The van der Waals surface area contributed by atoms with Crippen molar-refractivity contribution in [2.24, 2.45) is 0 Å². The maximum atomic E-state index is 12.6. The lowest BCUT2D eigenvalue weighted by Gasteiger charge is -2.33. The largest absolute Gasteiger partial charge is 0.354 e. The Morgan fingerprint density at radius 3 is 2.50 bits per heavy atom. The summed E-state index contributed by atoms with van der Waals surface area (Å²) in [7, 11) is -1.53. The maximum absolute atomic E-state index is 12.6. The number of hydrogen-bond donors (Lipinski definition) is 2. The first-order chi connectivity index (χ1) is 15.4. The standard InChI is InChI=1S/C23H31N5O3S/c1-27-12-14-28(15-13-27)22-9-7-20(17-24-22)26-23(29)10-11-25-32(30,31)21-8-6-18-4-2-3-5-19(18)16-21/h6-9,16-17,25H,2-5,10-15H2,1H3,(H,26,29). The Hall–Kier alpha value is -2.49. The molecule has 2 aromatic rings. The van der Waals surface area contributed by atoms with Crippen LogP contribution in [0.1, 0.15) is 30.4 Å². The van der Waals surface area contributed by atoms with E-state index in [-0.39, 0.29) is 23.8 Å². The van der Waals surface area contributed by atoms with Gasteiger partial charge in [0.05, 0.1) is 16.8 Å². The van der Waals surface area contributed by atoms with E-state index in [0.29, 0.717) is 5.69 Å². The molecule has 1 aliphatic carbocycles. The molecular weight excluding hydrogens is 426 g/mol. The molecule has 1 amide bonds. The number of nitrogens with zero attached hydrogens (tertiary/aromatic N) is 3. The van der Waals surface area contributed by atoms with Crippen molar-refractivity contribution >= 4 is 27.4 Å². The van der Waals surface area contributed by atoms with E-state index in [1.165, 1.54) is 5.56 Å². The lowest BCUT2D eigenvalue weighted by atomic mass is 9.92. The van der Waals surface area contributed by atoms with E-state index in [4.69, 9.17) is 0 Å². The second-order valence-corrected chi connectivity index (χ2v) is 10.3. The number of rotatable bonds is 7. The zero-order valence-corrected chi connectivity index (χ0v) is 19.3. The molecule has 0 spiro atoms. The average Bonchev–Trinajstić information content (AvgIpc) is 2.80. The summed E-state index contributed by atoms with van der Waals surface area (Å²) in [5.74, 6) is 0.640. The van der Waals surface area contributed by atoms with Gasteiger partial charge in [0.25, 0.3) is 0 Å². The zero-order valence-electron chi connectivity index (χ0n) is 18.5. The smallest absolute Gasteiger partial charge is 0.240 e. The highest BCUT2D eigenvalue weighted by Crippen LogP contribution is 2.24. The monoisotopic (exact) mass is 457 g/mol. The molecule has 2 heterocycles. The lowest BCUT2D eigenvalue weighted by molar-refractivity contribution is -0.116. The van der Waals surface area contributed by atoms with Gasteiger partial charge in [0, 0.05) is 39.1 Å². The first kappa shape index (κ1) is 22.7. The van der Waals surface area contributed by atoms with Crippen LogP contribution < -0.4 is 14.9 Å². The third-order valence-electron chi connectivity index (χ3n) is 6.13. The Morgan fingerprint density at radius 2 is 1.78 bits per heavy atom. The van der Waals surface area contributed by atoms with Crippen molar-refractivity contribution < 1.29 is 13.2 Å². The number of aryl methyl sites for hydroxylation is 2. The predicted octanol–water partition coefficient (Wildman–Crippen LogP) is 2.02. The summed E-state index contributed by atoms with van der Waals surface area (Å²) < 4.78 is 27.8. The number of amides is 1. The molecule has 0 atom stereocenters. The number of fused-ring (bicyclic) bond motifs is 1. The maximum Gasteiger partial charge on any atom is 0.240 e. The van der Waals surface area contributed by atoms with Crippen molar-refractivity contribution in [1.29, 1.82) is 0 Å². The molecule has 32 heavy (non-hydrogen) atoms. The SMILES string of the molecule is CN1CCN(c2ccc(NC(=O)CCNS(=O)(=O)c3ccc4c(c3)CCCC4)cn2)CC1. The first-order valence-electron chi connectivity index (χ1n) is 11.2. The summed E-state index contributed by atoms with van der Waals surface area (Å²) in [4.78, 5) is 21.5. The molecule has 0 radical (unpaired) electrons. The van der Waals surface area contributed by atoms with Crippen molar-refractivity contribution in [3.05, 3.63) is 47.7 Å². The number of carbonyl (C=O) groups excluding carboxylic acids is 1. The van der Waals surface area contributed by atoms with Gasteiger partial charge in [-0.1, -0.05) is 6.07 Å². The molecule has 1 aromatic carbocycles. The third-order valence-corrected chi connectivity index (χ3v) is 7.59. The summed E-state index contributed by atoms with van der Waals surface area (Å²) in [6, 6.07) is 9.06. The predicted molar refractivity (Wildman–Crippen MR) is 125 cm³/mol. The highest BCUT2D eigenvalue weighted by atomic mass is 32.2. The van der Waals surface area contributed by atoms with Crippen LogP contribution in [-0.4, -0.2) is 64.0 Å². The Bertz CT molecular complexity index is 1050. The second kappa shape index (κ2) is 9.97.